The minimum absolute atomic E-state index is 0.00833. The molecule has 2 atom stereocenters. The van der Waals surface area contributed by atoms with Crippen LogP contribution >= 0.6 is 11.6 Å². The lowest BCUT2D eigenvalue weighted by molar-refractivity contribution is -0.123. The van der Waals surface area contributed by atoms with E-state index in [0.717, 1.165) is 16.8 Å². The standard InChI is InChI=1S/C20H21ClN2O3S/c1-14-2-8-17(9-3-14)23-19-13-27(25,26)12-18(19)22(11-20(23)24)10-15-4-6-16(21)7-5-15/h2-9,18-19H,10-13H2,1H3. The largest absolute Gasteiger partial charge is 0.306 e. The Morgan fingerprint density at radius 3 is 2.30 bits per heavy atom. The zero-order chi connectivity index (χ0) is 19.2. The van der Waals surface area contributed by atoms with Crippen molar-refractivity contribution in [3.63, 3.8) is 0 Å². The Morgan fingerprint density at radius 2 is 1.63 bits per heavy atom. The highest BCUT2D eigenvalue weighted by Crippen LogP contribution is 2.32. The van der Waals surface area contributed by atoms with Crippen molar-refractivity contribution in [2.24, 2.45) is 0 Å². The van der Waals surface area contributed by atoms with E-state index >= 15 is 0 Å². The molecule has 2 aliphatic rings. The highest BCUT2D eigenvalue weighted by atomic mass is 35.5. The Kier molecular flexibility index (Phi) is 4.74. The summed E-state index contributed by atoms with van der Waals surface area (Å²) in [5.74, 6) is 0.0288. The average molecular weight is 405 g/mol. The van der Waals surface area contributed by atoms with Crippen molar-refractivity contribution >= 4 is 33.0 Å². The number of hydrogen-bond acceptors (Lipinski definition) is 4. The van der Waals surface area contributed by atoms with Crippen LogP contribution in [0.4, 0.5) is 5.69 Å². The zero-order valence-corrected chi connectivity index (χ0v) is 16.6. The van der Waals surface area contributed by atoms with Crippen LogP contribution in [0.1, 0.15) is 11.1 Å². The Morgan fingerprint density at radius 1 is 1.00 bits per heavy atom. The summed E-state index contributed by atoms with van der Waals surface area (Å²) in [6.07, 6.45) is 0. The van der Waals surface area contributed by atoms with Gasteiger partial charge in [-0.25, -0.2) is 8.42 Å². The summed E-state index contributed by atoms with van der Waals surface area (Å²) < 4.78 is 24.8. The molecule has 0 N–H and O–H groups in total. The Balaban J connectivity index is 1.65. The summed E-state index contributed by atoms with van der Waals surface area (Å²) in [4.78, 5) is 16.6. The summed E-state index contributed by atoms with van der Waals surface area (Å²) in [5, 5.41) is 0.653. The van der Waals surface area contributed by atoms with Crippen molar-refractivity contribution in [3.05, 3.63) is 64.7 Å². The molecule has 4 rings (SSSR count). The van der Waals surface area contributed by atoms with Gasteiger partial charge in [0.1, 0.15) is 0 Å². The van der Waals surface area contributed by atoms with E-state index in [9.17, 15) is 13.2 Å². The third-order valence-electron chi connectivity index (χ3n) is 5.31. The smallest absolute Gasteiger partial charge is 0.241 e. The number of halogens is 1. The molecule has 2 fully saturated rings. The van der Waals surface area contributed by atoms with E-state index in [4.69, 9.17) is 11.6 Å². The molecule has 142 valence electrons. The monoisotopic (exact) mass is 404 g/mol. The van der Waals surface area contributed by atoms with Gasteiger partial charge in [0.05, 0.1) is 24.1 Å². The quantitative estimate of drug-likeness (QED) is 0.789. The highest BCUT2D eigenvalue weighted by Gasteiger charge is 2.49. The van der Waals surface area contributed by atoms with Gasteiger partial charge in [-0.15, -0.1) is 0 Å². The fraction of sp³-hybridized carbons (Fsp3) is 0.350. The van der Waals surface area contributed by atoms with Crippen molar-refractivity contribution in [2.75, 3.05) is 23.0 Å². The molecule has 2 aliphatic heterocycles. The van der Waals surface area contributed by atoms with Gasteiger partial charge in [-0.2, -0.15) is 0 Å². The molecular formula is C20H21ClN2O3S. The van der Waals surface area contributed by atoms with E-state index in [0.29, 0.717) is 11.6 Å². The summed E-state index contributed by atoms with van der Waals surface area (Å²) in [6.45, 7) is 2.72. The maximum Gasteiger partial charge on any atom is 0.241 e. The van der Waals surface area contributed by atoms with E-state index in [2.05, 4.69) is 0 Å². The van der Waals surface area contributed by atoms with E-state index < -0.39 is 9.84 Å². The van der Waals surface area contributed by atoms with Crippen LogP contribution in [0.25, 0.3) is 0 Å². The van der Waals surface area contributed by atoms with Crippen molar-refractivity contribution in [1.29, 1.82) is 0 Å². The van der Waals surface area contributed by atoms with Crippen LogP contribution < -0.4 is 4.90 Å². The van der Waals surface area contributed by atoms with E-state index in [-0.39, 0.29) is 36.0 Å². The predicted octanol–water partition coefficient (Wildman–Crippen LogP) is 2.66. The molecule has 1 amide bonds. The topological polar surface area (TPSA) is 57.7 Å². The molecule has 0 bridgehead atoms. The molecule has 7 heteroatoms. The molecule has 0 aliphatic carbocycles. The average Bonchev–Trinajstić information content (AvgIpc) is 2.93. The van der Waals surface area contributed by atoms with Crippen LogP contribution in [0.2, 0.25) is 5.02 Å². The van der Waals surface area contributed by atoms with Gasteiger partial charge in [0.15, 0.2) is 9.84 Å². The minimum atomic E-state index is -3.19. The van der Waals surface area contributed by atoms with Crippen LogP contribution in [0, 0.1) is 6.92 Å². The molecule has 2 unspecified atom stereocenters. The van der Waals surface area contributed by atoms with Gasteiger partial charge in [-0.05, 0) is 36.8 Å². The molecule has 0 saturated carbocycles. The van der Waals surface area contributed by atoms with Gasteiger partial charge < -0.3 is 4.90 Å². The van der Waals surface area contributed by atoms with Gasteiger partial charge >= 0.3 is 0 Å². The van der Waals surface area contributed by atoms with Crippen LogP contribution in [0.3, 0.4) is 0 Å². The number of aryl methyl sites for hydroxylation is 1. The number of carbonyl (C=O) groups is 1. The summed E-state index contributed by atoms with van der Waals surface area (Å²) >= 11 is 5.95. The molecule has 2 saturated heterocycles. The van der Waals surface area contributed by atoms with Crippen molar-refractivity contribution in [3.8, 4) is 0 Å². The van der Waals surface area contributed by atoms with Crippen LogP contribution in [-0.4, -0.2) is 49.4 Å². The number of sulfone groups is 1. The lowest BCUT2D eigenvalue weighted by Crippen LogP contribution is -2.61. The number of rotatable bonds is 3. The first kappa shape index (κ1) is 18.5. The molecule has 0 aromatic heterocycles. The summed E-state index contributed by atoms with van der Waals surface area (Å²) in [7, 11) is -3.19. The predicted molar refractivity (Wildman–Crippen MR) is 107 cm³/mol. The zero-order valence-electron chi connectivity index (χ0n) is 15.0. The first-order valence-corrected chi connectivity index (χ1v) is 11.1. The molecule has 5 nitrogen and oxygen atoms in total. The summed E-state index contributed by atoms with van der Waals surface area (Å²) in [6, 6.07) is 14.6. The number of fused-ring (bicyclic) bond motifs is 1. The Hall–Kier alpha value is -1.89. The second kappa shape index (κ2) is 6.93. The number of carbonyl (C=O) groups excluding carboxylic acids is 1. The van der Waals surface area contributed by atoms with Crippen LogP contribution in [-0.2, 0) is 21.2 Å². The maximum atomic E-state index is 13.0. The molecule has 0 spiro atoms. The Labute approximate surface area is 164 Å². The van der Waals surface area contributed by atoms with E-state index in [1.807, 2.05) is 60.4 Å². The second-order valence-electron chi connectivity index (χ2n) is 7.34. The fourth-order valence-corrected chi connectivity index (χ4v) is 6.10. The highest BCUT2D eigenvalue weighted by molar-refractivity contribution is 7.91. The van der Waals surface area contributed by atoms with Crippen LogP contribution in [0.15, 0.2) is 48.5 Å². The fourth-order valence-electron chi connectivity index (χ4n) is 4.00. The first-order valence-electron chi connectivity index (χ1n) is 8.90. The molecule has 2 heterocycles. The molecule has 2 aromatic carbocycles. The summed E-state index contributed by atoms with van der Waals surface area (Å²) in [5.41, 5.74) is 2.88. The number of benzene rings is 2. The number of amides is 1. The van der Waals surface area contributed by atoms with Crippen molar-refractivity contribution < 1.29 is 13.2 Å². The normalized spacial score (nSPS) is 24.8. The van der Waals surface area contributed by atoms with Gasteiger partial charge in [0, 0.05) is 23.3 Å². The SMILES string of the molecule is Cc1ccc(N2C(=O)CN(Cc3ccc(Cl)cc3)C3CS(=O)(=O)CC32)cc1. The van der Waals surface area contributed by atoms with Gasteiger partial charge in [-0.1, -0.05) is 41.4 Å². The number of hydrogen-bond donors (Lipinski definition) is 0. The van der Waals surface area contributed by atoms with Gasteiger partial charge in [0.2, 0.25) is 5.91 Å². The Bertz CT molecular complexity index is 958. The van der Waals surface area contributed by atoms with E-state index in [1.165, 1.54) is 0 Å². The van der Waals surface area contributed by atoms with Crippen molar-refractivity contribution in [1.82, 2.24) is 4.90 Å². The number of piperazine rings is 1. The lowest BCUT2D eigenvalue weighted by atomic mass is 10.0. The van der Waals surface area contributed by atoms with Gasteiger partial charge in [-0.3, -0.25) is 9.69 Å². The molecular weight excluding hydrogens is 384 g/mol. The second-order valence-corrected chi connectivity index (χ2v) is 9.93. The maximum absolute atomic E-state index is 13.0. The minimum Gasteiger partial charge on any atom is -0.306 e. The van der Waals surface area contributed by atoms with Crippen molar-refractivity contribution in [2.45, 2.75) is 25.6 Å². The first-order chi connectivity index (χ1) is 12.8. The number of anilines is 1. The van der Waals surface area contributed by atoms with Gasteiger partial charge in [0.25, 0.3) is 0 Å². The molecule has 2 aromatic rings. The molecule has 0 radical (unpaired) electrons. The lowest BCUT2D eigenvalue weighted by Gasteiger charge is -2.43. The third kappa shape index (κ3) is 3.74. The van der Waals surface area contributed by atoms with Crippen LogP contribution in [0.5, 0.6) is 0 Å². The number of nitrogens with zero attached hydrogens (tertiary/aromatic N) is 2. The molecule has 27 heavy (non-hydrogen) atoms. The third-order valence-corrected chi connectivity index (χ3v) is 7.26. The van der Waals surface area contributed by atoms with E-state index in [1.54, 1.807) is 4.90 Å².